The second-order valence-electron chi connectivity index (χ2n) is 6.74. The summed E-state index contributed by atoms with van der Waals surface area (Å²) in [5.74, 6) is -1.26. The maximum Gasteiger partial charge on any atom is 0.334 e. The summed E-state index contributed by atoms with van der Waals surface area (Å²) < 4.78 is 15.8. The Labute approximate surface area is 161 Å². The van der Waals surface area contributed by atoms with Crippen LogP contribution in [0.2, 0.25) is 0 Å². The van der Waals surface area contributed by atoms with E-state index < -0.39 is 18.0 Å². The highest BCUT2D eigenvalue weighted by molar-refractivity contribution is 5.93. The zero-order chi connectivity index (χ0) is 20.1. The normalized spacial score (nSPS) is 17.8. The van der Waals surface area contributed by atoms with E-state index >= 15 is 0 Å². The third-order valence-electron chi connectivity index (χ3n) is 4.30. The topological polar surface area (TPSA) is 90.9 Å². The monoisotopic (exact) mass is 383 g/mol. The molecule has 1 heterocycles. The van der Waals surface area contributed by atoms with E-state index in [0.717, 1.165) is 38.6 Å². The number of ketones is 1. The molecule has 27 heavy (non-hydrogen) atoms. The maximum absolute atomic E-state index is 12.0. The summed E-state index contributed by atoms with van der Waals surface area (Å²) >= 11 is 0. The molecule has 0 aromatic rings. The van der Waals surface area contributed by atoms with Crippen LogP contribution in [0.3, 0.4) is 0 Å². The fourth-order valence-corrected chi connectivity index (χ4v) is 2.77. The number of esters is 2. The second kappa shape index (κ2) is 13.4. The van der Waals surface area contributed by atoms with Gasteiger partial charge in [0.15, 0.2) is 5.78 Å². The van der Waals surface area contributed by atoms with Crippen molar-refractivity contribution in [2.75, 3.05) is 26.3 Å². The molecular weight excluding hydrogens is 350 g/mol. The maximum atomic E-state index is 12.0. The number of morpholine rings is 1. The van der Waals surface area contributed by atoms with E-state index in [1.807, 2.05) is 6.92 Å². The molecule has 0 amide bonds. The van der Waals surface area contributed by atoms with Crippen molar-refractivity contribution in [2.24, 2.45) is 0 Å². The number of rotatable bonds is 13. The number of carbonyl (C=O) groups excluding carboxylic acids is 3. The summed E-state index contributed by atoms with van der Waals surface area (Å²) in [5, 5.41) is 3.07. The molecule has 0 bridgehead atoms. The van der Waals surface area contributed by atoms with Gasteiger partial charge in [0.05, 0.1) is 19.6 Å². The van der Waals surface area contributed by atoms with E-state index in [2.05, 4.69) is 18.8 Å². The number of unbranched alkanes of at least 4 members (excludes halogenated alkanes) is 1. The van der Waals surface area contributed by atoms with Crippen LogP contribution in [0.15, 0.2) is 12.2 Å². The third-order valence-corrected chi connectivity index (χ3v) is 4.30. The molecule has 2 atom stereocenters. The quantitative estimate of drug-likeness (QED) is 0.385. The summed E-state index contributed by atoms with van der Waals surface area (Å²) in [4.78, 5) is 35.9. The average Bonchev–Trinajstić information content (AvgIpc) is 2.66. The Morgan fingerprint density at radius 2 is 2.00 bits per heavy atom. The molecule has 1 rings (SSSR count). The molecule has 1 N–H and O–H groups in total. The highest BCUT2D eigenvalue weighted by Gasteiger charge is 2.22. The minimum absolute atomic E-state index is 0.0359. The minimum atomic E-state index is -0.678. The van der Waals surface area contributed by atoms with Crippen molar-refractivity contribution in [1.82, 2.24) is 5.32 Å². The van der Waals surface area contributed by atoms with Gasteiger partial charge in [-0.1, -0.05) is 39.7 Å². The van der Waals surface area contributed by atoms with Crippen molar-refractivity contribution >= 4 is 17.7 Å². The highest BCUT2D eigenvalue weighted by atomic mass is 16.5. The van der Waals surface area contributed by atoms with Crippen LogP contribution in [0.4, 0.5) is 0 Å². The van der Waals surface area contributed by atoms with Crippen LogP contribution < -0.4 is 5.32 Å². The van der Waals surface area contributed by atoms with Gasteiger partial charge in [0.25, 0.3) is 0 Å². The molecule has 0 aliphatic carbocycles. The fraction of sp³-hybridized carbons (Fsp3) is 0.750. The van der Waals surface area contributed by atoms with Crippen LogP contribution in [-0.4, -0.2) is 56.2 Å². The lowest BCUT2D eigenvalue weighted by molar-refractivity contribution is -0.151. The number of Topliss-reactive ketones (excluding diaryl/α,β-unsaturated/α-hetero) is 1. The first-order chi connectivity index (χ1) is 13.0. The molecule has 0 aromatic heterocycles. The summed E-state index contributed by atoms with van der Waals surface area (Å²) in [5.41, 5.74) is 0.0359. The van der Waals surface area contributed by atoms with Gasteiger partial charge in [0.1, 0.15) is 12.2 Å². The largest absolute Gasteiger partial charge is 0.462 e. The van der Waals surface area contributed by atoms with Crippen LogP contribution in [0.25, 0.3) is 0 Å². The van der Waals surface area contributed by atoms with E-state index in [0.29, 0.717) is 13.2 Å². The van der Waals surface area contributed by atoms with Crippen molar-refractivity contribution in [3.8, 4) is 0 Å². The van der Waals surface area contributed by atoms with Crippen LogP contribution in [-0.2, 0) is 28.6 Å². The first kappa shape index (κ1) is 23.3. The number of hydrogen-bond donors (Lipinski definition) is 1. The Morgan fingerprint density at radius 3 is 2.63 bits per heavy atom. The van der Waals surface area contributed by atoms with Gasteiger partial charge >= 0.3 is 11.9 Å². The third kappa shape index (κ3) is 9.68. The number of nitrogens with one attached hydrogen (secondary N) is 1. The van der Waals surface area contributed by atoms with Gasteiger partial charge < -0.3 is 19.5 Å². The van der Waals surface area contributed by atoms with Gasteiger partial charge in [0, 0.05) is 25.1 Å². The van der Waals surface area contributed by atoms with Crippen molar-refractivity contribution in [2.45, 2.75) is 71.0 Å². The van der Waals surface area contributed by atoms with E-state index in [-0.39, 0.29) is 36.9 Å². The Kier molecular flexibility index (Phi) is 11.6. The smallest absolute Gasteiger partial charge is 0.334 e. The van der Waals surface area contributed by atoms with Gasteiger partial charge in [-0.05, 0) is 12.8 Å². The molecule has 0 radical (unpaired) electrons. The zero-order valence-electron chi connectivity index (χ0n) is 16.6. The van der Waals surface area contributed by atoms with Crippen molar-refractivity contribution in [3.63, 3.8) is 0 Å². The predicted molar refractivity (Wildman–Crippen MR) is 101 cm³/mol. The standard InChI is InChI=1S/C20H33NO6/c1-4-6-8-16(7-5-2)27-19(23)13-15(3)20(24)26-11-9-17(22)18-14-21-10-12-25-18/h16,18,21H,3-14H2,1-2H3. The van der Waals surface area contributed by atoms with E-state index in [9.17, 15) is 14.4 Å². The highest BCUT2D eigenvalue weighted by Crippen LogP contribution is 2.14. The van der Waals surface area contributed by atoms with Gasteiger partial charge in [-0.25, -0.2) is 4.79 Å². The molecule has 7 nitrogen and oxygen atoms in total. The first-order valence-corrected chi connectivity index (χ1v) is 9.87. The second-order valence-corrected chi connectivity index (χ2v) is 6.74. The van der Waals surface area contributed by atoms with Gasteiger partial charge in [-0.15, -0.1) is 0 Å². The van der Waals surface area contributed by atoms with Crippen LogP contribution in [0.5, 0.6) is 0 Å². The van der Waals surface area contributed by atoms with Crippen LogP contribution >= 0.6 is 0 Å². The summed E-state index contributed by atoms with van der Waals surface area (Å²) in [6, 6.07) is 0. The molecule has 1 saturated heterocycles. The van der Waals surface area contributed by atoms with Gasteiger partial charge in [-0.2, -0.15) is 0 Å². The van der Waals surface area contributed by atoms with Gasteiger partial charge in [-0.3, -0.25) is 9.59 Å². The lowest BCUT2D eigenvalue weighted by Crippen LogP contribution is -2.43. The Hall–Kier alpha value is -1.73. The average molecular weight is 383 g/mol. The molecule has 0 spiro atoms. The Balaban J connectivity index is 2.28. The zero-order valence-corrected chi connectivity index (χ0v) is 16.6. The molecular formula is C20H33NO6. The summed E-state index contributed by atoms with van der Waals surface area (Å²) in [7, 11) is 0. The Bertz CT molecular complexity index is 499. The van der Waals surface area contributed by atoms with Crippen LogP contribution in [0, 0.1) is 0 Å². The number of ether oxygens (including phenoxy) is 3. The molecule has 154 valence electrons. The molecule has 1 aliphatic heterocycles. The molecule has 0 saturated carbocycles. The number of carbonyl (C=O) groups is 3. The SMILES string of the molecule is C=C(CC(=O)OC(CCC)CCCC)C(=O)OCCC(=O)C1CNCCO1. The molecule has 7 heteroatoms. The van der Waals surface area contributed by atoms with E-state index in [1.54, 1.807) is 0 Å². The van der Waals surface area contributed by atoms with Crippen molar-refractivity contribution in [1.29, 1.82) is 0 Å². The van der Waals surface area contributed by atoms with Gasteiger partial charge in [0.2, 0.25) is 0 Å². The summed E-state index contributed by atoms with van der Waals surface area (Å²) in [6.07, 6.45) is 3.87. The van der Waals surface area contributed by atoms with Crippen molar-refractivity contribution in [3.05, 3.63) is 12.2 Å². The van der Waals surface area contributed by atoms with Crippen LogP contribution in [0.1, 0.15) is 58.8 Å². The lowest BCUT2D eigenvalue weighted by atomic mass is 10.1. The molecule has 1 fully saturated rings. The lowest BCUT2D eigenvalue weighted by Gasteiger charge is -2.22. The number of hydrogen-bond acceptors (Lipinski definition) is 7. The Morgan fingerprint density at radius 1 is 1.22 bits per heavy atom. The predicted octanol–water partition coefficient (Wildman–Crippen LogP) is 2.33. The summed E-state index contributed by atoms with van der Waals surface area (Å²) in [6.45, 7) is 9.37. The van der Waals surface area contributed by atoms with E-state index in [4.69, 9.17) is 14.2 Å². The molecule has 2 unspecified atom stereocenters. The van der Waals surface area contributed by atoms with E-state index in [1.165, 1.54) is 0 Å². The minimum Gasteiger partial charge on any atom is -0.462 e. The first-order valence-electron chi connectivity index (χ1n) is 9.87. The molecule has 1 aliphatic rings. The molecule has 0 aromatic carbocycles. The fourth-order valence-electron chi connectivity index (χ4n) is 2.77. The van der Waals surface area contributed by atoms with Crippen molar-refractivity contribution < 1.29 is 28.6 Å².